The van der Waals surface area contributed by atoms with Crippen LogP contribution in [0.5, 0.6) is 0 Å². The molecule has 1 nitrogen and oxygen atoms in total. The molecule has 0 aliphatic heterocycles. The van der Waals surface area contributed by atoms with E-state index in [1.165, 1.54) is 0 Å². The Labute approximate surface area is 303 Å². The molecule has 48 heavy (non-hydrogen) atoms. The minimum absolute atomic E-state index is 0.0660. The van der Waals surface area contributed by atoms with Gasteiger partial charge < -0.3 is 4.90 Å². The molecule has 0 unspecified atom stereocenters. The highest BCUT2D eigenvalue weighted by Gasteiger charge is 2.37. The lowest BCUT2D eigenvalue weighted by molar-refractivity contribution is 0.662. The van der Waals surface area contributed by atoms with Crippen molar-refractivity contribution in [1.29, 1.82) is 0 Å². The summed E-state index contributed by atoms with van der Waals surface area (Å²) in [6.07, 6.45) is 0. The van der Waals surface area contributed by atoms with E-state index in [1.807, 2.05) is 62.4 Å². The summed E-state index contributed by atoms with van der Waals surface area (Å²) in [7, 11) is 0. The Bertz CT molecular complexity index is 3300. The Hall–Kier alpha value is -5.92. The molecule has 0 atom stereocenters. The highest BCUT2D eigenvalue weighted by atomic mass is 15.1. The second-order valence-corrected chi connectivity index (χ2v) is 12.2. The molecule has 0 aromatic heterocycles. The van der Waals surface area contributed by atoms with Crippen molar-refractivity contribution < 1.29 is 20.6 Å². The summed E-state index contributed by atoms with van der Waals surface area (Å²) in [6.45, 7) is 4.02. The van der Waals surface area contributed by atoms with E-state index >= 15 is 0 Å². The average molecular weight is 629 g/mol. The maximum absolute atomic E-state index is 9.79. The van der Waals surface area contributed by atoms with Gasteiger partial charge in [-0.05, 0) is 96.9 Å². The molecule has 8 aromatic carbocycles. The molecule has 0 heterocycles. The molecule has 0 saturated heterocycles. The Morgan fingerprint density at radius 3 is 2.12 bits per heavy atom. The van der Waals surface area contributed by atoms with E-state index in [0.29, 0.717) is 5.56 Å². The van der Waals surface area contributed by atoms with Gasteiger partial charge in [0.15, 0.2) is 0 Å². The molecule has 0 bridgehead atoms. The molecule has 8 aromatic rings. The van der Waals surface area contributed by atoms with Gasteiger partial charge in [-0.3, -0.25) is 0 Å². The van der Waals surface area contributed by atoms with Gasteiger partial charge in [0.1, 0.15) is 0 Å². The van der Waals surface area contributed by atoms with Gasteiger partial charge in [0, 0.05) is 22.2 Å². The smallest absolute Gasteiger partial charge is 0.0651 e. The minimum Gasteiger partial charge on any atom is -0.310 e. The molecule has 0 radical (unpaired) electrons. The van der Waals surface area contributed by atoms with E-state index in [4.69, 9.17) is 11.0 Å². The zero-order valence-electron chi connectivity index (χ0n) is 41.0. The maximum atomic E-state index is 9.79. The molecule has 0 saturated carbocycles. The van der Waals surface area contributed by atoms with Crippen LogP contribution >= 0.6 is 0 Å². The lowest BCUT2D eigenvalue weighted by Crippen LogP contribution is -2.16. The van der Waals surface area contributed by atoms with Crippen LogP contribution in [0.2, 0.25) is 0 Å². The lowest BCUT2D eigenvalue weighted by atomic mass is 9.79. The van der Waals surface area contributed by atoms with Crippen LogP contribution in [0.25, 0.3) is 54.9 Å². The summed E-state index contributed by atoms with van der Waals surface area (Å²) in [4.78, 5) is 0.828. The molecule has 0 fully saturated rings. The van der Waals surface area contributed by atoms with Crippen molar-refractivity contribution in [3.8, 4) is 33.4 Å². The van der Waals surface area contributed by atoms with E-state index in [0.717, 1.165) is 37.9 Å². The van der Waals surface area contributed by atoms with Gasteiger partial charge >= 0.3 is 0 Å². The summed E-state index contributed by atoms with van der Waals surface area (Å²) >= 11 is 0. The van der Waals surface area contributed by atoms with Gasteiger partial charge in [0.2, 0.25) is 0 Å². The average Bonchev–Trinajstić information content (AvgIpc) is 3.51. The van der Waals surface area contributed by atoms with Crippen LogP contribution in [0.4, 0.5) is 17.1 Å². The normalized spacial score (nSPS) is 17.3. The number of fused-ring (bicyclic) bond motifs is 5. The number of hydrogen-bond donors (Lipinski definition) is 0. The number of anilines is 3. The number of rotatable bonds is 5. The van der Waals surface area contributed by atoms with Crippen LogP contribution < -0.4 is 4.90 Å². The van der Waals surface area contributed by atoms with Crippen LogP contribution in [0.15, 0.2) is 176 Å². The van der Waals surface area contributed by atoms with E-state index < -0.39 is 124 Å². The summed E-state index contributed by atoms with van der Waals surface area (Å²) < 4.78 is 138. The lowest BCUT2D eigenvalue weighted by Gasteiger charge is -2.28. The SMILES string of the molecule is [2H]c1c([2H])c(-c2ccc3ccccc3c2)c([2H])c(N(c2c([2H])c([2H])c(-c3cccc4c3C(C)(C)c3ccccc3-4)c([2H])c2[2H])c2c([2H])c([2H])c([2H])c3c([2H])c([2H])c([2H])c([2H])c23)c1[2H]. The Balaban J connectivity index is 1.44. The van der Waals surface area contributed by atoms with Crippen molar-refractivity contribution in [3.05, 3.63) is 187 Å². The third-order valence-corrected chi connectivity index (χ3v) is 9.07. The highest BCUT2D eigenvalue weighted by Crippen LogP contribution is 2.52. The van der Waals surface area contributed by atoms with Crippen LogP contribution in [0.3, 0.4) is 0 Å². The molecule has 1 aliphatic rings. The second-order valence-electron chi connectivity index (χ2n) is 12.2. The second kappa shape index (κ2) is 11.1. The van der Waals surface area contributed by atoms with Gasteiger partial charge in [-0.15, -0.1) is 0 Å². The van der Waals surface area contributed by atoms with Gasteiger partial charge in [-0.1, -0.05) is 153 Å². The molecular formula is C47H35N. The van der Waals surface area contributed by atoms with Crippen LogP contribution in [-0.2, 0) is 5.41 Å². The molecule has 0 spiro atoms. The zero-order valence-corrected chi connectivity index (χ0v) is 26.0. The van der Waals surface area contributed by atoms with Crippen molar-refractivity contribution in [2.45, 2.75) is 19.3 Å². The summed E-state index contributed by atoms with van der Waals surface area (Å²) in [5.41, 5.74) is 1.55. The van der Waals surface area contributed by atoms with Gasteiger partial charge in [0.05, 0.1) is 26.2 Å². The Morgan fingerprint density at radius 1 is 0.500 bits per heavy atom. The predicted molar refractivity (Wildman–Crippen MR) is 205 cm³/mol. The Morgan fingerprint density at radius 2 is 1.23 bits per heavy atom. The van der Waals surface area contributed by atoms with E-state index in [1.54, 1.807) is 36.4 Å². The topological polar surface area (TPSA) is 3.24 Å². The first-order valence-electron chi connectivity index (χ1n) is 23.1. The van der Waals surface area contributed by atoms with Gasteiger partial charge in [0.25, 0.3) is 0 Å². The fraction of sp³-hybridized carbons (Fsp3) is 0.0638. The molecule has 1 aliphatic carbocycles. The van der Waals surface area contributed by atoms with Gasteiger partial charge in [-0.2, -0.15) is 0 Å². The monoisotopic (exact) mass is 628 g/mol. The standard InChI is InChI=1S/C47H35N/c1-47(2)44-22-8-7-19-42(44)43-21-11-20-41(46(43)47)34-26-28-38(29-27-34)48(45-23-10-15-33-13-5-6-18-40(33)45)39-17-9-16-36(31-39)37-25-24-32-12-3-4-14-35(32)30-37/h3-31H,1-2H3/i5D,6D,9D,10D,13D,15D,16D,17D,18D,23D,26D,27D,28D,29D,31D. The first-order chi connectivity index (χ1) is 29.8. The molecule has 9 rings (SSSR count). The van der Waals surface area contributed by atoms with Crippen LogP contribution in [-0.4, -0.2) is 0 Å². The quantitative estimate of drug-likeness (QED) is 0.183. The minimum atomic E-state index is -0.841. The molecular weight excluding hydrogens is 579 g/mol. The van der Waals surface area contributed by atoms with Crippen LogP contribution in [0, 0.1) is 0 Å². The van der Waals surface area contributed by atoms with E-state index in [9.17, 15) is 9.60 Å². The molecule has 0 amide bonds. The van der Waals surface area contributed by atoms with Crippen molar-refractivity contribution >= 4 is 38.6 Å². The maximum Gasteiger partial charge on any atom is 0.0651 e. The molecule has 0 N–H and O–H groups in total. The third kappa shape index (κ3) is 4.54. The van der Waals surface area contributed by atoms with Crippen molar-refractivity contribution in [2.75, 3.05) is 4.90 Å². The number of hydrogen-bond acceptors (Lipinski definition) is 1. The van der Waals surface area contributed by atoms with Crippen molar-refractivity contribution in [3.63, 3.8) is 0 Å². The van der Waals surface area contributed by atoms with E-state index in [2.05, 4.69) is 0 Å². The van der Waals surface area contributed by atoms with Crippen molar-refractivity contribution in [1.82, 2.24) is 0 Å². The zero-order chi connectivity index (χ0) is 45.3. The summed E-state index contributed by atoms with van der Waals surface area (Å²) in [6, 6.07) is 15.1. The predicted octanol–water partition coefficient (Wildman–Crippen LogP) is 13.1. The first-order valence-corrected chi connectivity index (χ1v) is 15.6. The molecule has 228 valence electrons. The van der Waals surface area contributed by atoms with E-state index in [-0.39, 0.29) is 16.7 Å². The third-order valence-electron chi connectivity index (χ3n) is 9.07. The highest BCUT2D eigenvalue weighted by molar-refractivity contribution is 5.99. The number of nitrogens with zero attached hydrogens (tertiary/aromatic N) is 1. The fourth-order valence-electron chi connectivity index (χ4n) is 6.85. The first kappa shape index (κ1) is 16.8. The van der Waals surface area contributed by atoms with Crippen molar-refractivity contribution in [2.24, 2.45) is 0 Å². The number of benzene rings is 8. The largest absolute Gasteiger partial charge is 0.310 e. The molecule has 1 heteroatoms. The van der Waals surface area contributed by atoms with Gasteiger partial charge in [-0.25, -0.2) is 0 Å². The summed E-state index contributed by atoms with van der Waals surface area (Å²) in [5.74, 6) is 0. The van der Waals surface area contributed by atoms with Crippen LogP contribution in [0.1, 0.15) is 45.5 Å². The summed E-state index contributed by atoms with van der Waals surface area (Å²) in [5, 5.41) is 0.553. The fourth-order valence-corrected chi connectivity index (χ4v) is 6.85. The Kier molecular flexibility index (Phi) is 3.88.